The number of ketones is 1. The van der Waals surface area contributed by atoms with Gasteiger partial charge in [0.1, 0.15) is 0 Å². The van der Waals surface area contributed by atoms with Crippen molar-refractivity contribution in [3.63, 3.8) is 0 Å². The zero-order chi connectivity index (χ0) is 17.4. The fraction of sp³-hybridized carbons (Fsp3) is 0.211. The molecule has 6 heteroatoms. The number of nitrogens with zero attached hydrogens (tertiary/aromatic N) is 4. The van der Waals surface area contributed by atoms with Gasteiger partial charge in [0.2, 0.25) is 5.95 Å². The Bertz CT molecular complexity index is 955. The molecule has 1 unspecified atom stereocenters. The summed E-state index contributed by atoms with van der Waals surface area (Å²) in [4.78, 5) is 29.8. The Hall–Kier alpha value is -3.15. The predicted molar refractivity (Wildman–Crippen MR) is 94.0 cm³/mol. The maximum Gasteiger partial charge on any atom is 0.220 e. The standard InChI is InChI=1S/C19H17N5O/c1-11-17-15(24-19(20)23-11)9-12(10-16(17)25)13-5-2-3-6-14(13)18-21-7-4-8-22-18/h2-8,12H,9-10H2,1H3,(H2,20,23,24). The van der Waals surface area contributed by atoms with Gasteiger partial charge in [0.05, 0.1) is 17.0 Å². The number of carbonyl (C=O) groups is 1. The number of carbonyl (C=O) groups excluding carboxylic acids is 1. The van der Waals surface area contributed by atoms with Gasteiger partial charge in [-0.2, -0.15) is 0 Å². The Kier molecular flexibility index (Phi) is 3.72. The second-order valence-corrected chi connectivity index (χ2v) is 6.18. The number of benzene rings is 1. The summed E-state index contributed by atoms with van der Waals surface area (Å²) < 4.78 is 0. The monoisotopic (exact) mass is 331 g/mol. The van der Waals surface area contributed by atoms with E-state index in [0.717, 1.165) is 16.8 Å². The van der Waals surface area contributed by atoms with Crippen molar-refractivity contribution in [3.05, 3.63) is 65.2 Å². The van der Waals surface area contributed by atoms with Crippen LogP contribution in [0.4, 0.5) is 5.95 Å². The van der Waals surface area contributed by atoms with Crippen molar-refractivity contribution in [2.24, 2.45) is 0 Å². The first-order valence-corrected chi connectivity index (χ1v) is 8.16. The third kappa shape index (κ3) is 2.76. The lowest BCUT2D eigenvalue weighted by atomic mass is 9.79. The van der Waals surface area contributed by atoms with E-state index in [1.807, 2.05) is 24.3 Å². The smallest absolute Gasteiger partial charge is 0.220 e. The Morgan fingerprint density at radius 3 is 2.60 bits per heavy atom. The van der Waals surface area contributed by atoms with Crippen LogP contribution in [0.25, 0.3) is 11.4 Å². The fourth-order valence-electron chi connectivity index (χ4n) is 3.51. The third-order valence-electron chi connectivity index (χ3n) is 4.54. The molecule has 2 N–H and O–H groups in total. The molecular weight excluding hydrogens is 314 g/mol. The highest BCUT2D eigenvalue weighted by Crippen LogP contribution is 2.36. The zero-order valence-corrected chi connectivity index (χ0v) is 13.8. The summed E-state index contributed by atoms with van der Waals surface area (Å²) in [5.41, 5.74) is 9.80. The van der Waals surface area contributed by atoms with Gasteiger partial charge in [-0.1, -0.05) is 24.3 Å². The van der Waals surface area contributed by atoms with Gasteiger partial charge in [-0.3, -0.25) is 4.79 Å². The molecule has 2 heterocycles. The SMILES string of the molecule is Cc1nc(N)nc2c1C(=O)CC(c1ccccc1-c1ncccn1)C2. The normalized spacial score (nSPS) is 16.5. The molecular formula is C19H17N5O. The summed E-state index contributed by atoms with van der Waals surface area (Å²) in [5.74, 6) is 0.959. The molecule has 1 aliphatic rings. The summed E-state index contributed by atoms with van der Waals surface area (Å²) in [6, 6.07) is 9.74. The van der Waals surface area contributed by atoms with Crippen molar-refractivity contribution in [1.82, 2.24) is 19.9 Å². The summed E-state index contributed by atoms with van der Waals surface area (Å²) >= 11 is 0. The van der Waals surface area contributed by atoms with Crippen LogP contribution in [0.15, 0.2) is 42.7 Å². The number of aryl methyl sites for hydroxylation is 1. The number of nitrogen functional groups attached to an aromatic ring is 1. The van der Waals surface area contributed by atoms with E-state index in [1.54, 1.807) is 25.4 Å². The minimum absolute atomic E-state index is 0.0220. The molecule has 4 rings (SSSR count). The van der Waals surface area contributed by atoms with Gasteiger partial charge in [-0.15, -0.1) is 0 Å². The molecule has 25 heavy (non-hydrogen) atoms. The summed E-state index contributed by atoms with van der Waals surface area (Å²) in [6.45, 7) is 1.81. The number of rotatable bonds is 2. The van der Waals surface area contributed by atoms with E-state index in [0.29, 0.717) is 29.9 Å². The van der Waals surface area contributed by atoms with E-state index in [2.05, 4.69) is 19.9 Å². The lowest BCUT2D eigenvalue weighted by Gasteiger charge is -2.25. The van der Waals surface area contributed by atoms with E-state index in [9.17, 15) is 4.79 Å². The number of Topliss-reactive ketones (excluding diaryl/α,β-unsaturated/α-hetero) is 1. The minimum atomic E-state index is 0.0220. The third-order valence-corrected chi connectivity index (χ3v) is 4.54. The molecule has 2 aromatic heterocycles. The maximum atomic E-state index is 12.7. The largest absolute Gasteiger partial charge is 0.368 e. The molecule has 1 atom stereocenters. The second kappa shape index (κ2) is 6.05. The number of hydrogen-bond acceptors (Lipinski definition) is 6. The summed E-state index contributed by atoms with van der Waals surface area (Å²) in [5, 5.41) is 0. The number of fused-ring (bicyclic) bond motifs is 1. The Morgan fingerprint density at radius 1 is 1.04 bits per heavy atom. The van der Waals surface area contributed by atoms with E-state index >= 15 is 0 Å². The number of hydrogen-bond donors (Lipinski definition) is 1. The van der Waals surface area contributed by atoms with Gasteiger partial charge >= 0.3 is 0 Å². The van der Waals surface area contributed by atoms with E-state index < -0.39 is 0 Å². The lowest BCUT2D eigenvalue weighted by Crippen LogP contribution is -2.23. The van der Waals surface area contributed by atoms with E-state index in [1.165, 1.54) is 0 Å². The predicted octanol–water partition coefficient (Wildman–Crippen LogP) is 2.74. The van der Waals surface area contributed by atoms with Crippen LogP contribution in [0, 0.1) is 6.92 Å². The molecule has 3 aromatic rings. The zero-order valence-electron chi connectivity index (χ0n) is 13.8. The van der Waals surface area contributed by atoms with Crippen molar-refractivity contribution in [3.8, 4) is 11.4 Å². The number of anilines is 1. The Labute approximate surface area is 145 Å². The molecule has 0 spiro atoms. The summed E-state index contributed by atoms with van der Waals surface area (Å²) in [7, 11) is 0. The van der Waals surface area contributed by atoms with Gasteiger partial charge in [0.25, 0.3) is 0 Å². The molecule has 0 saturated carbocycles. The van der Waals surface area contributed by atoms with Crippen LogP contribution in [-0.4, -0.2) is 25.7 Å². The van der Waals surface area contributed by atoms with Gasteiger partial charge in [-0.25, -0.2) is 19.9 Å². The quantitative estimate of drug-likeness (QED) is 0.776. The van der Waals surface area contributed by atoms with Crippen LogP contribution in [0.3, 0.4) is 0 Å². The molecule has 0 amide bonds. The highest BCUT2D eigenvalue weighted by atomic mass is 16.1. The highest BCUT2D eigenvalue weighted by Gasteiger charge is 2.31. The first-order chi connectivity index (χ1) is 12.1. The molecule has 124 valence electrons. The van der Waals surface area contributed by atoms with Crippen LogP contribution in [-0.2, 0) is 6.42 Å². The molecule has 0 aliphatic heterocycles. The number of nitrogens with two attached hydrogens (primary N) is 1. The Morgan fingerprint density at radius 2 is 1.80 bits per heavy atom. The first-order valence-electron chi connectivity index (χ1n) is 8.16. The molecule has 0 saturated heterocycles. The van der Waals surface area contributed by atoms with Gasteiger partial charge < -0.3 is 5.73 Å². The molecule has 0 radical (unpaired) electrons. The van der Waals surface area contributed by atoms with Gasteiger partial charge in [0.15, 0.2) is 11.6 Å². The molecule has 6 nitrogen and oxygen atoms in total. The van der Waals surface area contributed by atoms with Crippen molar-refractivity contribution in [2.75, 3.05) is 5.73 Å². The van der Waals surface area contributed by atoms with Crippen molar-refractivity contribution in [1.29, 1.82) is 0 Å². The van der Waals surface area contributed by atoms with Crippen LogP contribution in [0.2, 0.25) is 0 Å². The van der Waals surface area contributed by atoms with E-state index in [-0.39, 0.29) is 17.6 Å². The average molecular weight is 331 g/mol. The average Bonchev–Trinajstić information content (AvgIpc) is 2.61. The van der Waals surface area contributed by atoms with Crippen LogP contribution in [0.1, 0.15) is 39.6 Å². The Balaban J connectivity index is 1.79. The topological polar surface area (TPSA) is 94.7 Å². The molecule has 0 fully saturated rings. The van der Waals surface area contributed by atoms with Crippen molar-refractivity contribution < 1.29 is 4.79 Å². The second-order valence-electron chi connectivity index (χ2n) is 6.18. The summed E-state index contributed by atoms with van der Waals surface area (Å²) in [6.07, 6.45) is 4.51. The first kappa shape index (κ1) is 15.4. The van der Waals surface area contributed by atoms with Gasteiger partial charge in [0, 0.05) is 24.4 Å². The van der Waals surface area contributed by atoms with E-state index in [4.69, 9.17) is 5.73 Å². The number of aromatic nitrogens is 4. The van der Waals surface area contributed by atoms with Crippen LogP contribution < -0.4 is 5.73 Å². The highest BCUT2D eigenvalue weighted by molar-refractivity contribution is 6.00. The van der Waals surface area contributed by atoms with Crippen LogP contribution in [0.5, 0.6) is 0 Å². The van der Waals surface area contributed by atoms with Gasteiger partial charge in [-0.05, 0) is 30.9 Å². The minimum Gasteiger partial charge on any atom is -0.368 e. The van der Waals surface area contributed by atoms with Crippen molar-refractivity contribution >= 4 is 11.7 Å². The van der Waals surface area contributed by atoms with Crippen LogP contribution >= 0.6 is 0 Å². The lowest BCUT2D eigenvalue weighted by molar-refractivity contribution is 0.0962. The molecule has 0 bridgehead atoms. The maximum absolute atomic E-state index is 12.7. The molecule has 1 aliphatic carbocycles. The molecule has 1 aromatic carbocycles. The van der Waals surface area contributed by atoms with Crippen molar-refractivity contribution in [2.45, 2.75) is 25.7 Å². The fourth-order valence-corrected chi connectivity index (χ4v) is 3.51.